The van der Waals surface area contributed by atoms with Gasteiger partial charge in [0.25, 0.3) is 6.08 Å². The van der Waals surface area contributed by atoms with Gasteiger partial charge >= 0.3 is 11.9 Å². The van der Waals surface area contributed by atoms with Crippen molar-refractivity contribution in [1.82, 2.24) is 0 Å². The highest BCUT2D eigenvalue weighted by Gasteiger charge is 2.22. The van der Waals surface area contributed by atoms with Crippen LogP contribution in [0.2, 0.25) is 0 Å². The predicted molar refractivity (Wildman–Crippen MR) is 161 cm³/mol. The van der Waals surface area contributed by atoms with E-state index in [1.165, 1.54) is 5.56 Å². The highest BCUT2D eigenvalue weighted by atomic mass is 19.3. The number of aliphatic hydroxyl groups is 2. The summed E-state index contributed by atoms with van der Waals surface area (Å²) in [6.45, 7) is 5.72. The lowest BCUT2D eigenvalue weighted by Crippen LogP contribution is -2.16. The van der Waals surface area contributed by atoms with E-state index in [1.807, 2.05) is 18.2 Å². The fraction of sp³-hybridized carbons (Fsp3) is 0.412. The van der Waals surface area contributed by atoms with Crippen LogP contribution in [0.15, 0.2) is 78.9 Å². The summed E-state index contributed by atoms with van der Waals surface area (Å²) >= 11 is 0. The molecule has 0 radical (unpaired) electrons. The number of allylic oxidation sites excluding steroid dienone is 1. The van der Waals surface area contributed by atoms with Crippen molar-refractivity contribution in [3.63, 3.8) is 0 Å². The average molecular weight is 615 g/mol. The first-order chi connectivity index (χ1) is 21.2. The first-order valence-electron chi connectivity index (χ1n) is 14.6. The minimum atomic E-state index is -1.60. The normalized spacial score (nSPS) is 16.0. The highest BCUT2D eigenvalue weighted by molar-refractivity contribution is 5.88. The fourth-order valence-corrected chi connectivity index (χ4v) is 4.99. The van der Waals surface area contributed by atoms with E-state index >= 15 is 0 Å². The van der Waals surface area contributed by atoms with Crippen LogP contribution in [0.3, 0.4) is 0 Å². The molecule has 2 N–H and O–H groups in total. The average Bonchev–Trinajstić information content (AvgIpc) is 3.04. The maximum absolute atomic E-state index is 12.3. The molecule has 0 unspecified atom stereocenters. The van der Waals surface area contributed by atoms with Crippen LogP contribution in [0.25, 0.3) is 11.1 Å². The monoisotopic (exact) mass is 614 g/mol. The van der Waals surface area contributed by atoms with Crippen LogP contribution in [-0.4, -0.2) is 61.8 Å². The van der Waals surface area contributed by atoms with E-state index in [4.69, 9.17) is 29.2 Å². The Kier molecular flexibility index (Phi) is 14.1. The second-order valence-electron chi connectivity index (χ2n) is 10.6. The van der Waals surface area contributed by atoms with Gasteiger partial charge in [-0.3, -0.25) is 0 Å². The van der Waals surface area contributed by atoms with E-state index in [0.29, 0.717) is 29.8 Å². The minimum Gasteiger partial charge on any atom is -0.486 e. The van der Waals surface area contributed by atoms with E-state index in [0.717, 1.165) is 49.3 Å². The molecule has 2 aromatic carbocycles. The number of aliphatic hydroxyl groups excluding tert-OH is 2. The van der Waals surface area contributed by atoms with Crippen molar-refractivity contribution in [2.75, 3.05) is 39.6 Å². The predicted octanol–water partition coefficient (Wildman–Crippen LogP) is 6.13. The van der Waals surface area contributed by atoms with Gasteiger partial charge in [-0.05, 0) is 85.3 Å². The van der Waals surface area contributed by atoms with Gasteiger partial charge in [-0.2, -0.15) is 8.78 Å². The molecule has 1 saturated carbocycles. The van der Waals surface area contributed by atoms with E-state index in [-0.39, 0.29) is 37.6 Å². The molecular formula is C34H40F2O8. The maximum Gasteiger partial charge on any atom is 0.335 e. The number of hydrogen-bond donors (Lipinski definition) is 2. The van der Waals surface area contributed by atoms with Crippen LogP contribution in [0.1, 0.15) is 50.0 Å². The second-order valence-corrected chi connectivity index (χ2v) is 10.6. The summed E-state index contributed by atoms with van der Waals surface area (Å²) in [5.74, 6) is 0.269. The first-order valence-corrected chi connectivity index (χ1v) is 14.6. The molecule has 3 rings (SSSR count). The standard InChI is InChI=1S/C34H40F2O8/c1-23(21-37)33(39)43-18-16-41-30-15-14-29(20-31(30)42-17-19-44-34(40)24(2)22-38)28-12-10-27(11-13-28)26-8-6-25(7-9-26)4-3-5-32(35)36/h5,10-15,20,25-26,37-38H,1-4,6-9,16-19,21-22H2. The van der Waals surface area contributed by atoms with Crippen molar-refractivity contribution >= 4 is 11.9 Å². The molecule has 0 atom stereocenters. The minimum absolute atomic E-state index is 0.0101. The van der Waals surface area contributed by atoms with Gasteiger partial charge in [0.1, 0.15) is 26.4 Å². The van der Waals surface area contributed by atoms with Gasteiger partial charge < -0.3 is 29.2 Å². The number of benzene rings is 2. The number of rotatable bonds is 17. The molecule has 0 heterocycles. The van der Waals surface area contributed by atoms with Gasteiger partial charge in [-0.15, -0.1) is 0 Å². The molecule has 2 aromatic rings. The van der Waals surface area contributed by atoms with E-state index in [9.17, 15) is 18.4 Å². The molecule has 0 bridgehead atoms. The molecule has 0 aromatic heterocycles. The quantitative estimate of drug-likeness (QED) is 0.124. The molecular weight excluding hydrogens is 574 g/mol. The summed E-state index contributed by atoms with van der Waals surface area (Å²) in [5, 5.41) is 18.0. The zero-order valence-electron chi connectivity index (χ0n) is 24.8. The van der Waals surface area contributed by atoms with Crippen LogP contribution >= 0.6 is 0 Å². The number of carbonyl (C=O) groups excluding carboxylic acids is 2. The lowest BCUT2D eigenvalue weighted by Gasteiger charge is -2.28. The van der Waals surface area contributed by atoms with Crippen LogP contribution in [0.5, 0.6) is 11.5 Å². The number of hydrogen-bond acceptors (Lipinski definition) is 8. The molecule has 1 aliphatic rings. The summed E-state index contributed by atoms with van der Waals surface area (Å²) in [4.78, 5) is 23.5. The SMILES string of the molecule is C=C(CO)C(=O)OCCOc1ccc(-c2ccc(C3CCC(CCC=C(F)F)CC3)cc2)cc1OCCOC(=O)C(=C)CO. The second kappa shape index (κ2) is 17.9. The van der Waals surface area contributed by atoms with Crippen LogP contribution < -0.4 is 9.47 Å². The van der Waals surface area contributed by atoms with Crippen LogP contribution in [-0.2, 0) is 19.1 Å². The van der Waals surface area contributed by atoms with Crippen molar-refractivity contribution in [1.29, 1.82) is 0 Å². The van der Waals surface area contributed by atoms with Crippen molar-refractivity contribution in [2.45, 2.75) is 44.4 Å². The van der Waals surface area contributed by atoms with Crippen LogP contribution in [0, 0.1) is 5.92 Å². The zero-order chi connectivity index (χ0) is 31.9. The van der Waals surface area contributed by atoms with E-state index in [1.54, 1.807) is 12.1 Å². The zero-order valence-corrected chi connectivity index (χ0v) is 24.8. The molecule has 0 spiro atoms. The molecule has 1 fully saturated rings. The summed E-state index contributed by atoms with van der Waals surface area (Å²) < 4.78 is 46.4. The number of halogens is 2. The summed E-state index contributed by atoms with van der Waals surface area (Å²) in [6, 6.07) is 13.7. The Morgan fingerprint density at radius 3 is 1.86 bits per heavy atom. The molecule has 0 amide bonds. The summed E-state index contributed by atoms with van der Waals surface area (Å²) in [5.41, 5.74) is 2.96. The number of ether oxygens (including phenoxy) is 4. The van der Waals surface area contributed by atoms with Gasteiger partial charge in [0.15, 0.2) is 11.5 Å². The Hall–Kier alpha value is -4.02. The fourth-order valence-electron chi connectivity index (χ4n) is 4.99. The lowest BCUT2D eigenvalue weighted by atomic mass is 9.77. The summed E-state index contributed by atoms with van der Waals surface area (Å²) in [7, 11) is 0. The van der Waals surface area contributed by atoms with Crippen molar-refractivity contribution in [3.8, 4) is 22.6 Å². The molecule has 0 aliphatic heterocycles. The van der Waals surface area contributed by atoms with Crippen molar-refractivity contribution < 1.29 is 47.5 Å². The van der Waals surface area contributed by atoms with Gasteiger partial charge in [0.05, 0.1) is 24.4 Å². The van der Waals surface area contributed by atoms with Gasteiger partial charge in [0, 0.05) is 0 Å². The molecule has 44 heavy (non-hydrogen) atoms. The topological polar surface area (TPSA) is 112 Å². The third kappa shape index (κ3) is 10.9. The van der Waals surface area contributed by atoms with E-state index in [2.05, 4.69) is 25.3 Å². The number of esters is 2. The highest BCUT2D eigenvalue weighted by Crippen LogP contribution is 2.39. The molecule has 238 valence electrons. The largest absolute Gasteiger partial charge is 0.486 e. The Morgan fingerprint density at radius 1 is 0.773 bits per heavy atom. The third-order valence-corrected chi connectivity index (χ3v) is 7.49. The van der Waals surface area contributed by atoms with Gasteiger partial charge in [-0.1, -0.05) is 43.5 Å². The molecule has 8 nitrogen and oxygen atoms in total. The lowest BCUT2D eigenvalue weighted by molar-refractivity contribution is -0.141. The van der Waals surface area contributed by atoms with Gasteiger partial charge in [-0.25, -0.2) is 9.59 Å². The maximum atomic E-state index is 12.3. The Labute approximate surface area is 256 Å². The summed E-state index contributed by atoms with van der Waals surface area (Å²) in [6.07, 6.45) is 4.80. The Morgan fingerprint density at radius 2 is 1.32 bits per heavy atom. The Balaban J connectivity index is 1.63. The van der Waals surface area contributed by atoms with Crippen molar-refractivity contribution in [3.05, 3.63) is 84.5 Å². The van der Waals surface area contributed by atoms with Gasteiger partial charge in [0.2, 0.25) is 0 Å². The molecule has 0 saturated heterocycles. The molecule has 10 heteroatoms. The third-order valence-electron chi connectivity index (χ3n) is 7.49. The smallest absolute Gasteiger partial charge is 0.335 e. The first kappa shape index (κ1) is 34.5. The Bertz CT molecular complexity index is 1290. The van der Waals surface area contributed by atoms with E-state index < -0.39 is 31.2 Å². The number of carbonyl (C=O) groups is 2. The van der Waals surface area contributed by atoms with Crippen LogP contribution in [0.4, 0.5) is 8.78 Å². The molecule has 1 aliphatic carbocycles. The van der Waals surface area contributed by atoms with Crippen molar-refractivity contribution in [2.24, 2.45) is 5.92 Å².